The van der Waals surface area contributed by atoms with Crippen LogP contribution >= 0.6 is 0 Å². The van der Waals surface area contributed by atoms with E-state index in [2.05, 4.69) is 0 Å². The molecule has 0 aromatic carbocycles. The predicted octanol–water partition coefficient (Wildman–Crippen LogP) is -1.09. The van der Waals surface area contributed by atoms with Crippen molar-refractivity contribution in [3.05, 3.63) is 0 Å². The fourth-order valence-electron chi connectivity index (χ4n) is 3.60. The predicted molar refractivity (Wildman–Crippen MR) is 64.9 cm³/mol. The fraction of sp³-hybridized carbons (Fsp3) is 0.818. The standard InChI is InChI=1S/C11H14F4N4O5/c12-10(13,14)5(20)8(2-1-3-24-8)9-6(21)16-4-19(23)11(9,15)18-7(22)17-9/h5,20,23H,1-4H2,(H,16,21)(H2,17,18,22)/t5-,8?,9?,11?/m1/s1. The lowest BCUT2D eigenvalue weighted by Gasteiger charge is -2.53. The largest absolute Gasteiger partial charge is 0.417 e. The molecule has 9 nitrogen and oxygen atoms in total. The van der Waals surface area contributed by atoms with Crippen LogP contribution in [0.15, 0.2) is 0 Å². The zero-order valence-corrected chi connectivity index (χ0v) is 12.0. The van der Waals surface area contributed by atoms with E-state index in [-0.39, 0.29) is 18.1 Å². The third kappa shape index (κ3) is 1.83. The molecule has 24 heavy (non-hydrogen) atoms. The van der Waals surface area contributed by atoms with Crippen molar-refractivity contribution in [2.45, 2.75) is 42.2 Å². The number of nitrogens with one attached hydrogen (secondary N) is 3. The SMILES string of the molecule is O=C1NC2(F)N(O)CNC(=O)C2(C2([C@@H](O)C(F)(F)F)CCCO2)N1. The van der Waals surface area contributed by atoms with Crippen molar-refractivity contribution in [2.75, 3.05) is 13.3 Å². The lowest BCUT2D eigenvalue weighted by Crippen LogP contribution is -2.86. The summed E-state index contributed by atoms with van der Waals surface area (Å²) in [5.41, 5.74) is -5.93. The Morgan fingerprint density at radius 2 is 1.96 bits per heavy atom. The molecular formula is C11H14F4N4O5. The normalized spacial score (nSPS) is 41.4. The van der Waals surface area contributed by atoms with Crippen molar-refractivity contribution in [1.29, 1.82) is 0 Å². The monoisotopic (exact) mass is 358 g/mol. The van der Waals surface area contributed by atoms with Gasteiger partial charge in [0.1, 0.15) is 5.60 Å². The van der Waals surface area contributed by atoms with Crippen molar-refractivity contribution in [2.24, 2.45) is 0 Å². The summed E-state index contributed by atoms with van der Waals surface area (Å²) in [6.45, 7) is -1.10. The minimum atomic E-state index is -5.27. The summed E-state index contributed by atoms with van der Waals surface area (Å²) < 4.78 is 60.1. The average molecular weight is 358 g/mol. The number of fused-ring (bicyclic) bond motifs is 1. The molecule has 3 unspecified atom stereocenters. The molecule has 5 N–H and O–H groups in total. The first-order chi connectivity index (χ1) is 11.0. The number of aliphatic hydroxyl groups excluding tert-OH is 1. The van der Waals surface area contributed by atoms with E-state index >= 15 is 4.39 Å². The van der Waals surface area contributed by atoms with Gasteiger partial charge in [-0.2, -0.15) is 17.6 Å². The molecule has 0 aromatic heterocycles. The Morgan fingerprint density at radius 3 is 2.50 bits per heavy atom. The third-order valence-electron chi connectivity index (χ3n) is 4.60. The first-order valence-electron chi connectivity index (χ1n) is 6.94. The lowest BCUT2D eigenvalue weighted by molar-refractivity contribution is -0.325. The zero-order chi connectivity index (χ0) is 18.0. The number of ether oxygens (including phenoxy) is 1. The second-order valence-electron chi connectivity index (χ2n) is 5.80. The van der Waals surface area contributed by atoms with Crippen LogP contribution in [0, 0.1) is 0 Å². The van der Waals surface area contributed by atoms with Crippen LogP contribution in [-0.2, 0) is 9.53 Å². The quantitative estimate of drug-likeness (QED) is 0.316. The number of urea groups is 1. The van der Waals surface area contributed by atoms with Gasteiger partial charge in [0.05, 0.1) is 6.67 Å². The molecule has 3 aliphatic rings. The van der Waals surface area contributed by atoms with Crippen LogP contribution in [0.3, 0.4) is 0 Å². The van der Waals surface area contributed by atoms with Crippen LogP contribution in [0.2, 0.25) is 0 Å². The maximum absolute atomic E-state index is 15.4. The van der Waals surface area contributed by atoms with Gasteiger partial charge in [-0.1, -0.05) is 0 Å². The van der Waals surface area contributed by atoms with Crippen molar-refractivity contribution >= 4 is 11.9 Å². The van der Waals surface area contributed by atoms with Gasteiger partial charge >= 0.3 is 12.2 Å². The van der Waals surface area contributed by atoms with E-state index in [1.807, 2.05) is 5.32 Å². The highest BCUT2D eigenvalue weighted by Gasteiger charge is 2.82. The van der Waals surface area contributed by atoms with Gasteiger partial charge in [0, 0.05) is 6.61 Å². The van der Waals surface area contributed by atoms with Crippen LogP contribution < -0.4 is 16.0 Å². The topological polar surface area (TPSA) is 123 Å². The second-order valence-corrected chi connectivity index (χ2v) is 5.80. The highest BCUT2D eigenvalue weighted by atomic mass is 19.4. The first kappa shape index (κ1) is 17.1. The number of carbonyl (C=O) groups is 2. The van der Waals surface area contributed by atoms with Crippen LogP contribution in [-0.4, -0.2) is 69.9 Å². The molecule has 0 aromatic rings. The summed E-state index contributed by atoms with van der Waals surface area (Å²) in [6, 6.07) is -1.34. The molecule has 3 saturated heterocycles. The summed E-state index contributed by atoms with van der Waals surface area (Å²) >= 11 is 0. The maximum atomic E-state index is 15.4. The summed E-state index contributed by atoms with van der Waals surface area (Å²) in [5, 5.41) is 24.8. The molecule has 3 heterocycles. The number of halogens is 4. The molecule has 0 bridgehead atoms. The number of hydrogen-bond acceptors (Lipinski definition) is 6. The van der Waals surface area contributed by atoms with Crippen LogP contribution in [0.4, 0.5) is 22.4 Å². The molecule has 13 heteroatoms. The van der Waals surface area contributed by atoms with Gasteiger partial charge in [0.2, 0.25) is 5.54 Å². The summed E-state index contributed by atoms with van der Waals surface area (Å²) in [7, 11) is 0. The Bertz CT molecular complexity index is 583. The molecule has 3 fully saturated rings. The fourth-order valence-corrected chi connectivity index (χ4v) is 3.60. The van der Waals surface area contributed by atoms with Crippen molar-refractivity contribution in [3.63, 3.8) is 0 Å². The van der Waals surface area contributed by atoms with E-state index in [1.165, 1.54) is 0 Å². The number of rotatable bonds is 2. The summed E-state index contributed by atoms with van der Waals surface area (Å²) in [6.07, 6.45) is -9.17. The van der Waals surface area contributed by atoms with Crippen molar-refractivity contribution in [1.82, 2.24) is 21.0 Å². The van der Waals surface area contributed by atoms with E-state index in [1.54, 1.807) is 10.6 Å². The number of hydroxylamine groups is 2. The molecule has 0 radical (unpaired) electrons. The number of amides is 3. The van der Waals surface area contributed by atoms with Gasteiger partial charge in [-0.3, -0.25) is 10.1 Å². The van der Waals surface area contributed by atoms with Crippen LogP contribution in [0.25, 0.3) is 0 Å². The van der Waals surface area contributed by atoms with E-state index in [0.29, 0.717) is 0 Å². The highest BCUT2D eigenvalue weighted by Crippen LogP contribution is 2.52. The Kier molecular flexibility index (Phi) is 3.50. The van der Waals surface area contributed by atoms with Gasteiger partial charge in [0.25, 0.3) is 11.8 Å². The Labute approximate surface area is 131 Å². The molecule has 3 aliphatic heterocycles. The number of hydrogen-bond donors (Lipinski definition) is 5. The van der Waals surface area contributed by atoms with Gasteiger partial charge in [0.15, 0.2) is 6.10 Å². The van der Waals surface area contributed by atoms with Gasteiger partial charge < -0.3 is 25.7 Å². The molecule has 0 aliphatic carbocycles. The van der Waals surface area contributed by atoms with E-state index in [4.69, 9.17) is 4.74 Å². The zero-order valence-electron chi connectivity index (χ0n) is 12.0. The molecule has 4 atom stereocenters. The molecular weight excluding hydrogens is 344 g/mol. The minimum Gasteiger partial charge on any atom is -0.381 e. The molecule has 3 amide bonds. The maximum Gasteiger partial charge on any atom is 0.417 e. The van der Waals surface area contributed by atoms with E-state index in [0.717, 1.165) is 0 Å². The summed E-state index contributed by atoms with van der Waals surface area (Å²) in [4.78, 5) is 24.1. The van der Waals surface area contributed by atoms with Gasteiger partial charge in [-0.25, -0.2) is 4.79 Å². The van der Waals surface area contributed by atoms with Crippen LogP contribution in [0.1, 0.15) is 12.8 Å². The van der Waals surface area contributed by atoms with Crippen molar-refractivity contribution in [3.8, 4) is 0 Å². The van der Waals surface area contributed by atoms with Gasteiger partial charge in [-0.15, -0.1) is 5.06 Å². The Morgan fingerprint density at radius 1 is 1.29 bits per heavy atom. The number of aliphatic hydroxyl groups is 1. The Hall–Kier alpha value is -1.70. The van der Waals surface area contributed by atoms with Gasteiger partial charge in [-0.05, 0) is 12.8 Å². The minimum absolute atomic E-state index is 0.0282. The third-order valence-corrected chi connectivity index (χ3v) is 4.60. The number of alkyl halides is 4. The summed E-state index contributed by atoms with van der Waals surface area (Å²) in [5.74, 6) is -4.82. The second kappa shape index (κ2) is 4.91. The lowest BCUT2D eigenvalue weighted by atomic mass is 9.69. The van der Waals surface area contributed by atoms with E-state index < -0.39 is 54.4 Å². The smallest absolute Gasteiger partial charge is 0.381 e. The van der Waals surface area contributed by atoms with E-state index in [9.17, 15) is 33.1 Å². The molecule has 0 saturated carbocycles. The molecule has 0 spiro atoms. The van der Waals surface area contributed by atoms with Crippen molar-refractivity contribution < 1.29 is 42.2 Å². The van der Waals surface area contributed by atoms with Crippen LogP contribution in [0.5, 0.6) is 0 Å². The average Bonchev–Trinajstić information content (AvgIpc) is 3.06. The first-order valence-corrected chi connectivity index (χ1v) is 6.94. The Balaban J connectivity index is 2.24. The molecule has 136 valence electrons. The molecule has 3 rings (SSSR count). The number of nitrogens with zero attached hydrogens (tertiary/aromatic N) is 1. The number of carbonyl (C=O) groups excluding carboxylic acids is 2. The highest BCUT2D eigenvalue weighted by molar-refractivity contribution is 5.98.